The molecule has 1 atom stereocenters. The maximum absolute atomic E-state index is 13.7. The van der Waals surface area contributed by atoms with Gasteiger partial charge in [-0.05, 0) is 31.2 Å². The molecule has 1 fully saturated rings. The smallest absolute Gasteiger partial charge is 0.271 e. The number of nitrogens with one attached hydrogen (secondary N) is 1. The predicted molar refractivity (Wildman–Crippen MR) is 121 cm³/mol. The number of fused-ring (bicyclic) bond motifs is 3. The van der Waals surface area contributed by atoms with E-state index >= 15 is 0 Å². The fourth-order valence-electron chi connectivity index (χ4n) is 5.02. The van der Waals surface area contributed by atoms with Crippen LogP contribution in [0.1, 0.15) is 67.2 Å². The van der Waals surface area contributed by atoms with Gasteiger partial charge in [0.25, 0.3) is 5.91 Å². The molecule has 6 nitrogen and oxygen atoms in total. The molecule has 2 aliphatic rings. The van der Waals surface area contributed by atoms with Crippen LogP contribution in [0.3, 0.4) is 0 Å². The lowest BCUT2D eigenvalue weighted by molar-refractivity contribution is -0.134. The van der Waals surface area contributed by atoms with Gasteiger partial charge in [0.05, 0.1) is 24.9 Å². The SMILES string of the molecule is CC1(C(=O)NC2CCCCCCC2)Cn2c(cc3occc32)C(=O)N1Cc1cccs1. The molecular formula is C24H29N3O3S. The lowest BCUT2D eigenvalue weighted by Gasteiger charge is -2.44. The molecule has 5 rings (SSSR count). The summed E-state index contributed by atoms with van der Waals surface area (Å²) in [6.07, 6.45) is 9.72. The van der Waals surface area contributed by atoms with Gasteiger partial charge in [-0.1, -0.05) is 38.2 Å². The maximum atomic E-state index is 13.7. The van der Waals surface area contributed by atoms with Crippen LogP contribution in [-0.4, -0.2) is 32.9 Å². The van der Waals surface area contributed by atoms with E-state index in [-0.39, 0.29) is 17.9 Å². The first kappa shape index (κ1) is 20.4. The van der Waals surface area contributed by atoms with E-state index in [9.17, 15) is 9.59 Å². The minimum absolute atomic E-state index is 0.0565. The number of rotatable bonds is 4. The van der Waals surface area contributed by atoms with Crippen LogP contribution < -0.4 is 5.32 Å². The van der Waals surface area contributed by atoms with Crippen LogP contribution >= 0.6 is 11.3 Å². The fourth-order valence-corrected chi connectivity index (χ4v) is 5.71. The van der Waals surface area contributed by atoms with Crippen molar-refractivity contribution in [2.24, 2.45) is 0 Å². The average molecular weight is 440 g/mol. The Hall–Kier alpha value is -2.54. The van der Waals surface area contributed by atoms with E-state index in [1.165, 1.54) is 19.3 Å². The molecule has 0 aromatic carbocycles. The van der Waals surface area contributed by atoms with Crippen molar-refractivity contribution < 1.29 is 14.0 Å². The van der Waals surface area contributed by atoms with Gasteiger partial charge in [0.2, 0.25) is 5.91 Å². The number of amides is 2. The summed E-state index contributed by atoms with van der Waals surface area (Å²) in [7, 11) is 0. The van der Waals surface area contributed by atoms with Crippen molar-refractivity contribution in [2.75, 3.05) is 0 Å². The Balaban J connectivity index is 1.48. The normalized spacial score (nSPS) is 22.9. The van der Waals surface area contributed by atoms with E-state index in [2.05, 4.69) is 5.32 Å². The third-order valence-corrected chi connectivity index (χ3v) is 7.73. The zero-order chi connectivity index (χ0) is 21.4. The number of hydrogen-bond acceptors (Lipinski definition) is 4. The molecule has 4 heterocycles. The number of carbonyl (C=O) groups is 2. The summed E-state index contributed by atoms with van der Waals surface area (Å²) >= 11 is 1.61. The van der Waals surface area contributed by atoms with Crippen LogP contribution in [0.25, 0.3) is 11.1 Å². The van der Waals surface area contributed by atoms with Crippen molar-refractivity contribution in [3.05, 3.63) is 46.5 Å². The van der Waals surface area contributed by atoms with E-state index in [0.717, 1.165) is 36.1 Å². The average Bonchev–Trinajstić information content (AvgIpc) is 3.46. The van der Waals surface area contributed by atoms with Gasteiger partial charge in [-0.3, -0.25) is 9.59 Å². The molecule has 0 bridgehead atoms. The fraction of sp³-hybridized carbons (Fsp3) is 0.500. The summed E-state index contributed by atoms with van der Waals surface area (Å²) in [5.41, 5.74) is 1.16. The van der Waals surface area contributed by atoms with Crippen LogP contribution in [-0.2, 0) is 17.9 Å². The molecule has 1 aliphatic carbocycles. The van der Waals surface area contributed by atoms with Crippen molar-refractivity contribution in [2.45, 2.75) is 76.5 Å². The quantitative estimate of drug-likeness (QED) is 0.626. The lowest BCUT2D eigenvalue weighted by Crippen LogP contribution is -2.64. The highest BCUT2D eigenvalue weighted by Crippen LogP contribution is 2.34. The Morgan fingerprint density at radius 2 is 2.00 bits per heavy atom. The molecule has 7 heteroatoms. The number of furan rings is 1. The monoisotopic (exact) mass is 439 g/mol. The molecule has 0 spiro atoms. The van der Waals surface area contributed by atoms with Crippen LogP contribution in [0.5, 0.6) is 0 Å². The van der Waals surface area contributed by atoms with Crippen molar-refractivity contribution >= 4 is 34.3 Å². The topological polar surface area (TPSA) is 67.5 Å². The van der Waals surface area contributed by atoms with Gasteiger partial charge in [0, 0.05) is 23.1 Å². The Labute approximate surface area is 186 Å². The summed E-state index contributed by atoms with van der Waals surface area (Å²) in [5, 5.41) is 5.33. The second-order valence-electron chi connectivity index (χ2n) is 9.05. The molecular weight excluding hydrogens is 410 g/mol. The van der Waals surface area contributed by atoms with Crippen LogP contribution in [0, 0.1) is 0 Å². The Kier molecular flexibility index (Phi) is 5.38. The molecule has 1 aliphatic heterocycles. The first-order chi connectivity index (χ1) is 15.1. The molecule has 1 saturated carbocycles. The predicted octanol–water partition coefficient (Wildman–Crippen LogP) is 4.94. The van der Waals surface area contributed by atoms with Crippen molar-refractivity contribution in [1.29, 1.82) is 0 Å². The molecule has 2 amide bonds. The van der Waals surface area contributed by atoms with Gasteiger partial charge in [-0.2, -0.15) is 0 Å². The summed E-state index contributed by atoms with van der Waals surface area (Å²) in [5.74, 6) is -0.180. The highest BCUT2D eigenvalue weighted by molar-refractivity contribution is 7.09. The van der Waals surface area contributed by atoms with Crippen LogP contribution in [0.2, 0.25) is 0 Å². The van der Waals surface area contributed by atoms with Gasteiger partial charge in [0.15, 0.2) is 5.58 Å². The highest BCUT2D eigenvalue weighted by atomic mass is 32.1. The summed E-state index contributed by atoms with van der Waals surface area (Å²) in [4.78, 5) is 30.2. The summed E-state index contributed by atoms with van der Waals surface area (Å²) < 4.78 is 7.49. The largest absolute Gasteiger partial charge is 0.463 e. The lowest BCUT2D eigenvalue weighted by atomic mass is 9.92. The van der Waals surface area contributed by atoms with Crippen molar-refractivity contribution in [3.8, 4) is 0 Å². The molecule has 1 N–H and O–H groups in total. The minimum atomic E-state index is -0.973. The van der Waals surface area contributed by atoms with Gasteiger partial charge in [-0.15, -0.1) is 11.3 Å². The molecule has 31 heavy (non-hydrogen) atoms. The van der Waals surface area contributed by atoms with E-state index in [4.69, 9.17) is 4.42 Å². The molecule has 164 valence electrons. The van der Waals surface area contributed by atoms with Crippen LogP contribution in [0.15, 0.2) is 40.3 Å². The molecule has 0 radical (unpaired) electrons. The summed E-state index contributed by atoms with van der Waals surface area (Å²) in [6.45, 7) is 2.75. The number of hydrogen-bond donors (Lipinski definition) is 1. The van der Waals surface area contributed by atoms with E-state index in [0.29, 0.717) is 24.4 Å². The van der Waals surface area contributed by atoms with Gasteiger partial charge in [-0.25, -0.2) is 0 Å². The maximum Gasteiger partial charge on any atom is 0.271 e. The van der Waals surface area contributed by atoms with E-state index < -0.39 is 5.54 Å². The van der Waals surface area contributed by atoms with E-state index in [1.54, 1.807) is 28.6 Å². The number of thiophene rings is 1. The molecule has 1 unspecified atom stereocenters. The van der Waals surface area contributed by atoms with Gasteiger partial charge in [0.1, 0.15) is 11.2 Å². The summed E-state index contributed by atoms with van der Waals surface area (Å²) in [6, 6.07) is 7.85. The molecule has 3 aromatic rings. The van der Waals surface area contributed by atoms with Crippen molar-refractivity contribution in [1.82, 2.24) is 14.8 Å². The third kappa shape index (κ3) is 3.69. The Morgan fingerprint density at radius 3 is 2.74 bits per heavy atom. The number of aromatic nitrogens is 1. The molecule has 3 aromatic heterocycles. The minimum Gasteiger partial charge on any atom is -0.463 e. The number of carbonyl (C=O) groups excluding carboxylic acids is 2. The zero-order valence-corrected chi connectivity index (χ0v) is 18.7. The highest BCUT2D eigenvalue weighted by Gasteiger charge is 2.48. The Morgan fingerprint density at radius 1 is 1.23 bits per heavy atom. The standard InChI is InChI=1S/C24H29N3O3S/c1-24(23(29)25-17-8-5-3-2-4-6-9-17)16-26-19-11-12-30-21(19)14-20(26)22(28)27(24)15-18-10-7-13-31-18/h7,10-14,17H,2-6,8-9,15-16H2,1H3,(H,25,29). The van der Waals surface area contributed by atoms with Gasteiger partial charge >= 0.3 is 0 Å². The second kappa shape index (κ2) is 8.19. The number of nitrogens with zero attached hydrogens (tertiary/aromatic N) is 2. The van der Waals surface area contributed by atoms with E-state index in [1.807, 2.05) is 35.1 Å². The third-order valence-electron chi connectivity index (χ3n) is 6.87. The zero-order valence-electron chi connectivity index (χ0n) is 17.9. The molecule has 0 saturated heterocycles. The first-order valence-electron chi connectivity index (χ1n) is 11.3. The first-order valence-corrected chi connectivity index (χ1v) is 12.2. The van der Waals surface area contributed by atoms with Crippen molar-refractivity contribution in [3.63, 3.8) is 0 Å². The second-order valence-corrected chi connectivity index (χ2v) is 10.1. The van der Waals surface area contributed by atoms with Gasteiger partial charge < -0.3 is 19.2 Å². The Bertz CT molecular complexity index is 1080. The van der Waals surface area contributed by atoms with Crippen LogP contribution in [0.4, 0.5) is 0 Å².